The van der Waals surface area contributed by atoms with Crippen molar-refractivity contribution < 1.29 is 19.1 Å². The van der Waals surface area contributed by atoms with E-state index in [2.05, 4.69) is 15.6 Å². The molecule has 0 spiro atoms. The highest BCUT2D eigenvalue weighted by atomic mass is 16.5. The summed E-state index contributed by atoms with van der Waals surface area (Å²) in [5, 5.41) is 0. The second kappa shape index (κ2) is 7.16. The van der Waals surface area contributed by atoms with Crippen molar-refractivity contribution in [2.75, 3.05) is 19.1 Å². The maximum Gasteiger partial charge on any atom is 0.315 e. The molecule has 0 aliphatic heterocycles. The van der Waals surface area contributed by atoms with E-state index >= 15 is 0 Å². The lowest BCUT2D eigenvalue weighted by atomic mass is 10.3. The Labute approximate surface area is 105 Å². The minimum absolute atomic E-state index is 0.262. The van der Waals surface area contributed by atoms with E-state index in [0.717, 1.165) is 5.75 Å². The Morgan fingerprint density at radius 1 is 1.22 bits per heavy atom. The van der Waals surface area contributed by atoms with E-state index in [1.54, 1.807) is 38.3 Å². The first-order valence-electron chi connectivity index (χ1n) is 5.50. The van der Waals surface area contributed by atoms with Crippen LogP contribution >= 0.6 is 0 Å². The molecule has 0 aliphatic rings. The zero-order valence-electron chi connectivity index (χ0n) is 10.4. The van der Waals surface area contributed by atoms with Gasteiger partial charge in [-0.2, -0.15) is 0 Å². The summed E-state index contributed by atoms with van der Waals surface area (Å²) < 4.78 is 9.65. The highest BCUT2D eigenvalue weighted by Gasteiger charge is 2.09. The highest BCUT2D eigenvalue weighted by molar-refractivity contribution is 5.94. The van der Waals surface area contributed by atoms with Crippen LogP contribution in [0.1, 0.15) is 13.3 Å². The molecular formula is C12H16N2O4. The van der Waals surface area contributed by atoms with Crippen molar-refractivity contribution in [3.05, 3.63) is 24.3 Å². The number of anilines is 1. The van der Waals surface area contributed by atoms with Gasteiger partial charge in [-0.1, -0.05) is 0 Å². The predicted octanol–water partition coefficient (Wildman–Crippen LogP) is 1.09. The average molecular weight is 252 g/mol. The summed E-state index contributed by atoms with van der Waals surface area (Å²) in [7, 11) is 1.57. The van der Waals surface area contributed by atoms with Crippen molar-refractivity contribution in [1.29, 1.82) is 0 Å². The van der Waals surface area contributed by atoms with Gasteiger partial charge in [-0.3, -0.25) is 20.4 Å². The quantitative estimate of drug-likeness (QED) is 0.450. The number of hydrogen-bond acceptors (Lipinski definition) is 5. The van der Waals surface area contributed by atoms with Gasteiger partial charge in [0, 0.05) is 0 Å². The molecule has 0 saturated carbocycles. The predicted molar refractivity (Wildman–Crippen MR) is 66.0 cm³/mol. The van der Waals surface area contributed by atoms with Gasteiger partial charge >= 0.3 is 5.97 Å². The molecule has 6 heteroatoms. The zero-order valence-corrected chi connectivity index (χ0v) is 10.4. The van der Waals surface area contributed by atoms with Crippen LogP contribution < -0.4 is 15.6 Å². The van der Waals surface area contributed by atoms with Gasteiger partial charge in [-0.25, -0.2) is 0 Å². The van der Waals surface area contributed by atoms with Crippen molar-refractivity contribution in [3.8, 4) is 5.75 Å². The molecule has 1 amide bonds. The SMILES string of the molecule is CCOC(=O)CC(=O)NNc1ccc(OC)cc1. The van der Waals surface area contributed by atoms with Crippen LogP contribution in [0, 0.1) is 0 Å². The third-order valence-corrected chi connectivity index (χ3v) is 2.05. The Balaban J connectivity index is 2.35. The minimum Gasteiger partial charge on any atom is -0.497 e. The van der Waals surface area contributed by atoms with Crippen LogP contribution in [-0.4, -0.2) is 25.6 Å². The largest absolute Gasteiger partial charge is 0.497 e. The van der Waals surface area contributed by atoms with E-state index in [1.807, 2.05) is 0 Å². The summed E-state index contributed by atoms with van der Waals surface area (Å²) >= 11 is 0. The van der Waals surface area contributed by atoms with Gasteiger partial charge in [0.2, 0.25) is 5.91 Å². The van der Waals surface area contributed by atoms with Crippen molar-refractivity contribution in [1.82, 2.24) is 5.43 Å². The molecule has 1 aromatic carbocycles. The Hall–Kier alpha value is -2.24. The molecule has 0 fully saturated rings. The van der Waals surface area contributed by atoms with Crippen LogP contribution in [0.2, 0.25) is 0 Å². The smallest absolute Gasteiger partial charge is 0.315 e. The zero-order chi connectivity index (χ0) is 13.4. The number of hydrazine groups is 1. The number of ether oxygens (including phenoxy) is 2. The van der Waals surface area contributed by atoms with Gasteiger partial charge in [-0.15, -0.1) is 0 Å². The third-order valence-electron chi connectivity index (χ3n) is 2.05. The van der Waals surface area contributed by atoms with Gasteiger partial charge < -0.3 is 9.47 Å². The molecule has 0 radical (unpaired) electrons. The summed E-state index contributed by atoms with van der Waals surface area (Å²) in [4.78, 5) is 22.3. The van der Waals surface area contributed by atoms with Crippen molar-refractivity contribution in [2.45, 2.75) is 13.3 Å². The number of carbonyl (C=O) groups is 2. The molecule has 1 aromatic rings. The number of rotatable bonds is 6. The Morgan fingerprint density at radius 2 is 1.89 bits per heavy atom. The molecule has 0 saturated heterocycles. The van der Waals surface area contributed by atoms with Gasteiger partial charge in [0.15, 0.2) is 0 Å². The number of amides is 1. The van der Waals surface area contributed by atoms with Crippen LogP contribution in [-0.2, 0) is 14.3 Å². The van der Waals surface area contributed by atoms with E-state index in [0.29, 0.717) is 5.69 Å². The number of methoxy groups -OCH3 is 1. The molecular weight excluding hydrogens is 236 g/mol. The standard InChI is InChI=1S/C12H16N2O4/c1-3-18-12(16)8-11(15)14-13-9-4-6-10(17-2)7-5-9/h4-7,13H,3,8H2,1-2H3,(H,14,15). The van der Waals surface area contributed by atoms with Crippen LogP contribution in [0.25, 0.3) is 0 Å². The third kappa shape index (κ3) is 4.73. The fourth-order valence-corrected chi connectivity index (χ4v) is 1.20. The van der Waals surface area contributed by atoms with E-state index < -0.39 is 11.9 Å². The molecule has 0 aliphatic carbocycles. The number of esters is 1. The Bertz CT molecular complexity index is 403. The summed E-state index contributed by atoms with van der Waals surface area (Å²) in [6.07, 6.45) is -0.309. The Morgan fingerprint density at radius 3 is 2.44 bits per heavy atom. The maximum absolute atomic E-state index is 11.3. The topological polar surface area (TPSA) is 76.7 Å². The first-order valence-corrected chi connectivity index (χ1v) is 5.50. The summed E-state index contributed by atoms with van der Waals surface area (Å²) in [6.45, 7) is 1.95. The van der Waals surface area contributed by atoms with Crippen LogP contribution in [0.4, 0.5) is 5.69 Å². The molecule has 6 nitrogen and oxygen atoms in total. The second-order valence-corrected chi connectivity index (χ2v) is 3.38. The first kappa shape index (κ1) is 13.8. The first-order chi connectivity index (χ1) is 8.65. The van der Waals surface area contributed by atoms with Crippen LogP contribution in [0.3, 0.4) is 0 Å². The lowest BCUT2D eigenvalue weighted by Gasteiger charge is -2.08. The van der Waals surface area contributed by atoms with Gasteiger partial charge in [0.1, 0.15) is 12.2 Å². The molecule has 18 heavy (non-hydrogen) atoms. The van der Waals surface area contributed by atoms with E-state index in [4.69, 9.17) is 4.74 Å². The maximum atomic E-state index is 11.3. The van der Waals surface area contributed by atoms with Gasteiger partial charge in [0.25, 0.3) is 0 Å². The molecule has 0 aromatic heterocycles. The molecule has 0 bridgehead atoms. The van der Waals surface area contributed by atoms with Crippen molar-refractivity contribution in [2.24, 2.45) is 0 Å². The molecule has 1 rings (SSSR count). The molecule has 0 unspecified atom stereocenters. The summed E-state index contributed by atoms with van der Waals surface area (Å²) in [5.41, 5.74) is 5.76. The molecule has 0 heterocycles. The Kier molecular flexibility index (Phi) is 5.50. The van der Waals surface area contributed by atoms with Gasteiger partial charge in [0.05, 0.1) is 19.4 Å². The van der Waals surface area contributed by atoms with E-state index in [1.165, 1.54) is 0 Å². The molecule has 2 N–H and O–H groups in total. The fraction of sp³-hybridized carbons (Fsp3) is 0.333. The normalized spacial score (nSPS) is 9.44. The summed E-state index contributed by atoms with van der Waals surface area (Å²) in [5.74, 6) is -0.283. The monoisotopic (exact) mass is 252 g/mol. The van der Waals surface area contributed by atoms with Crippen LogP contribution in [0.15, 0.2) is 24.3 Å². The molecule has 0 atom stereocenters. The van der Waals surface area contributed by atoms with E-state index in [-0.39, 0.29) is 13.0 Å². The number of nitrogens with one attached hydrogen (secondary N) is 2. The lowest BCUT2D eigenvalue weighted by molar-refractivity contribution is -0.145. The van der Waals surface area contributed by atoms with Crippen LogP contribution in [0.5, 0.6) is 5.75 Å². The minimum atomic E-state index is -0.550. The van der Waals surface area contributed by atoms with Crippen molar-refractivity contribution >= 4 is 17.6 Å². The highest BCUT2D eigenvalue weighted by Crippen LogP contribution is 2.13. The number of benzene rings is 1. The fourth-order valence-electron chi connectivity index (χ4n) is 1.20. The lowest BCUT2D eigenvalue weighted by Crippen LogP contribution is -2.31. The number of hydrogen-bond donors (Lipinski definition) is 2. The van der Waals surface area contributed by atoms with Crippen molar-refractivity contribution in [3.63, 3.8) is 0 Å². The van der Waals surface area contributed by atoms with E-state index in [9.17, 15) is 9.59 Å². The second-order valence-electron chi connectivity index (χ2n) is 3.38. The van der Waals surface area contributed by atoms with Gasteiger partial charge in [-0.05, 0) is 31.2 Å². The average Bonchev–Trinajstić information content (AvgIpc) is 2.37. The summed E-state index contributed by atoms with van der Waals surface area (Å²) in [6, 6.07) is 6.98. The molecule has 98 valence electrons. The number of carbonyl (C=O) groups excluding carboxylic acids is 2.